The highest BCUT2D eigenvalue weighted by molar-refractivity contribution is 5.89. The summed E-state index contributed by atoms with van der Waals surface area (Å²) >= 11 is 0. The second-order valence-corrected chi connectivity index (χ2v) is 3.02. The number of esters is 1. The maximum atomic E-state index is 12.4. The predicted octanol–water partition coefficient (Wildman–Crippen LogP) is 2.06. The molecule has 4 nitrogen and oxygen atoms in total. The number of rotatable bonds is 6. The molecule has 1 aromatic carbocycles. The van der Waals surface area contributed by atoms with Gasteiger partial charge in [0.2, 0.25) is 0 Å². The molecule has 0 unspecified atom stereocenters. The Morgan fingerprint density at radius 1 is 1.24 bits per heavy atom. The van der Waals surface area contributed by atoms with Crippen molar-refractivity contribution in [2.45, 2.75) is 6.29 Å². The Hall–Kier alpha value is -1.53. The van der Waals surface area contributed by atoms with Gasteiger partial charge >= 0.3 is 12.3 Å². The molecule has 0 saturated heterocycles. The van der Waals surface area contributed by atoms with Crippen molar-refractivity contribution in [3.05, 3.63) is 35.9 Å². The molecule has 0 radical (unpaired) electrons. The molecule has 0 fully saturated rings. The van der Waals surface area contributed by atoms with Crippen LogP contribution in [-0.2, 0) is 14.2 Å². The summed E-state index contributed by atoms with van der Waals surface area (Å²) in [6, 6.07) is 8.22. The molecule has 0 aromatic heterocycles. The van der Waals surface area contributed by atoms with E-state index in [0.717, 1.165) is 7.11 Å². The molecule has 0 saturated carbocycles. The summed E-state index contributed by atoms with van der Waals surface area (Å²) in [7, 11) is 0.815. The first kappa shape index (κ1) is 13.5. The van der Waals surface area contributed by atoms with Gasteiger partial charge in [0.05, 0.1) is 12.2 Å². The molecule has 0 aliphatic rings. The maximum absolute atomic E-state index is 12.4. The average Bonchev–Trinajstić information content (AvgIpc) is 2.35. The Kier molecular flexibility index (Phi) is 4.99. The molecule has 17 heavy (non-hydrogen) atoms. The Bertz CT molecular complexity index is 354. The van der Waals surface area contributed by atoms with Crippen LogP contribution in [0.4, 0.5) is 8.78 Å². The summed E-state index contributed by atoms with van der Waals surface area (Å²) in [5.41, 5.74) is 0.353. The maximum Gasteiger partial charge on any atom is 0.485 e. The smallest absolute Gasteiger partial charge is 0.460 e. The number of halogens is 2. The monoisotopic (exact) mass is 246 g/mol. The molecule has 0 aliphatic heterocycles. The standard InChI is InChI=1S/C11H12F2O4/c1-15-11(12,13)17-8-7-16-10(14)9-5-3-2-4-6-9/h2-6H,7-8H2,1H3. The number of carbonyl (C=O) groups is 1. The molecular formula is C11H12F2O4. The number of ether oxygens (including phenoxy) is 3. The van der Waals surface area contributed by atoms with Gasteiger partial charge in [-0.2, -0.15) is 0 Å². The largest absolute Gasteiger partial charge is 0.485 e. The van der Waals surface area contributed by atoms with Crippen LogP contribution in [-0.4, -0.2) is 32.6 Å². The van der Waals surface area contributed by atoms with Crippen molar-refractivity contribution in [2.24, 2.45) is 0 Å². The molecule has 0 bridgehead atoms. The fraction of sp³-hybridized carbons (Fsp3) is 0.364. The van der Waals surface area contributed by atoms with E-state index >= 15 is 0 Å². The van der Waals surface area contributed by atoms with Gasteiger partial charge in [-0.25, -0.2) is 4.79 Å². The van der Waals surface area contributed by atoms with Crippen molar-refractivity contribution in [1.29, 1.82) is 0 Å². The van der Waals surface area contributed by atoms with Crippen molar-refractivity contribution in [1.82, 2.24) is 0 Å². The minimum Gasteiger partial charge on any atom is -0.460 e. The van der Waals surface area contributed by atoms with Crippen molar-refractivity contribution < 1.29 is 27.8 Å². The summed E-state index contributed by atoms with van der Waals surface area (Å²) in [5, 5.41) is 0. The van der Waals surface area contributed by atoms with E-state index in [1.807, 2.05) is 0 Å². The van der Waals surface area contributed by atoms with E-state index < -0.39 is 18.9 Å². The fourth-order valence-corrected chi connectivity index (χ4v) is 1.01. The van der Waals surface area contributed by atoms with Gasteiger partial charge in [0, 0.05) is 7.11 Å². The topological polar surface area (TPSA) is 44.8 Å². The van der Waals surface area contributed by atoms with Gasteiger partial charge in [0.25, 0.3) is 0 Å². The Balaban J connectivity index is 2.26. The zero-order valence-corrected chi connectivity index (χ0v) is 9.19. The second kappa shape index (κ2) is 6.27. The molecule has 0 aliphatic carbocycles. The van der Waals surface area contributed by atoms with Crippen molar-refractivity contribution >= 4 is 5.97 Å². The molecule has 1 rings (SSSR count). The number of carbonyl (C=O) groups excluding carboxylic acids is 1. The van der Waals surface area contributed by atoms with Gasteiger partial charge < -0.3 is 4.74 Å². The van der Waals surface area contributed by atoms with Crippen LogP contribution in [0, 0.1) is 0 Å². The molecule has 6 heteroatoms. The minimum atomic E-state index is -3.65. The van der Waals surface area contributed by atoms with E-state index in [1.165, 1.54) is 0 Å². The highest BCUT2D eigenvalue weighted by Gasteiger charge is 2.29. The summed E-state index contributed by atoms with van der Waals surface area (Å²) in [6.07, 6.45) is -3.65. The molecule has 0 heterocycles. The third-order valence-electron chi connectivity index (χ3n) is 1.83. The molecule has 0 amide bonds. The number of hydrogen-bond acceptors (Lipinski definition) is 4. The number of alkyl halides is 2. The number of benzene rings is 1. The zero-order chi connectivity index (χ0) is 12.7. The van der Waals surface area contributed by atoms with Crippen molar-refractivity contribution in [2.75, 3.05) is 20.3 Å². The molecule has 0 atom stereocenters. The van der Waals surface area contributed by atoms with E-state index in [0.29, 0.717) is 5.56 Å². The van der Waals surface area contributed by atoms with E-state index in [9.17, 15) is 13.6 Å². The SMILES string of the molecule is COC(F)(F)OCCOC(=O)c1ccccc1. The van der Waals surface area contributed by atoms with E-state index in [1.54, 1.807) is 30.3 Å². The lowest BCUT2D eigenvalue weighted by atomic mass is 10.2. The van der Waals surface area contributed by atoms with Crippen LogP contribution in [0.1, 0.15) is 10.4 Å². The van der Waals surface area contributed by atoms with Gasteiger partial charge in [-0.15, -0.1) is 8.78 Å². The lowest BCUT2D eigenvalue weighted by molar-refractivity contribution is -0.384. The van der Waals surface area contributed by atoms with E-state index in [4.69, 9.17) is 4.74 Å². The number of hydrogen-bond donors (Lipinski definition) is 0. The first-order chi connectivity index (χ1) is 8.05. The summed E-state index contributed by atoms with van der Waals surface area (Å²) in [6.45, 7) is -0.716. The third kappa shape index (κ3) is 4.88. The average molecular weight is 246 g/mol. The van der Waals surface area contributed by atoms with Crippen LogP contribution in [0.15, 0.2) is 30.3 Å². The van der Waals surface area contributed by atoms with Crippen LogP contribution in [0.2, 0.25) is 0 Å². The van der Waals surface area contributed by atoms with Crippen LogP contribution < -0.4 is 0 Å². The van der Waals surface area contributed by atoms with Gasteiger partial charge in [-0.05, 0) is 12.1 Å². The quantitative estimate of drug-likeness (QED) is 0.438. The highest BCUT2D eigenvalue weighted by atomic mass is 19.3. The molecular weight excluding hydrogens is 234 g/mol. The zero-order valence-electron chi connectivity index (χ0n) is 9.19. The van der Waals surface area contributed by atoms with Gasteiger partial charge in [0.15, 0.2) is 0 Å². The van der Waals surface area contributed by atoms with E-state index in [2.05, 4.69) is 9.47 Å². The summed E-state index contributed by atoms with van der Waals surface area (Å²) in [4.78, 5) is 11.3. The molecule has 1 aromatic rings. The van der Waals surface area contributed by atoms with Gasteiger partial charge in [0.1, 0.15) is 6.61 Å². The van der Waals surface area contributed by atoms with E-state index in [-0.39, 0.29) is 6.61 Å². The van der Waals surface area contributed by atoms with Gasteiger partial charge in [-0.3, -0.25) is 9.47 Å². The van der Waals surface area contributed by atoms with Crippen LogP contribution >= 0.6 is 0 Å². The Labute approximate surface area is 97.1 Å². The summed E-state index contributed by atoms with van der Waals surface area (Å²) in [5.74, 6) is -0.588. The lowest BCUT2D eigenvalue weighted by Gasteiger charge is -2.13. The highest BCUT2D eigenvalue weighted by Crippen LogP contribution is 2.14. The molecule has 0 spiro atoms. The molecule has 0 N–H and O–H groups in total. The third-order valence-corrected chi connectivity index (χ3v) is 1.83. The van der Waals surface area contributed by atoms with Crippen LogP contribution in [0.25, 0.3) is 0 Å². The number of methoxy groups -OCH3 is 1. The van der Waals surface area contributed by atoms with Crippen LogP contribution in [0.5, 0.6) is 0 Å². The van der Waals surface area contributed by atoms with Crippen molar-refractivity contribution in [3.8, 4) is 0 Å². The summed E-state index contributed by atoms with van der Waals surface area (Å²) < 4.78 is 37.3. The Morgan fingerprint density at radius 2 is 1.88 bits per heavy atom. The Morgan fingerprint density at radius 3 is 2.47 bits per heavy atom. The fourth-order valence-electron chi connectivity index (χ4n) is 1.01. The minimum absolute atomic E-state index is 0.271. The van der Waals surface area contributed by atoms with Crippen molar-refractivity contribution in [3.63, 3.8) is 0 Å². The molecule has 94 valence electrons. The van der Waals surface area contributed by atoms with Gasteiger partial charge in [-0.1, -0.05) is 18.2 Å². The first-order valence-electron chi connectivity index (χ1n) is 4.84. The predicted molar refractivity (Wildman–Crippen MR) is 54.6 cm³/mol. The normalized spacial score (nSPS) is 11.2. The first-order valence-corrected chi connectivity index (χ1v) is 4.84. The second-order valence-electron chi connectivity index (χ2n) is 3.02. The van der Waals surface area contributed by atoms with Crippen LogP contribution in [0.3, 0.4) is 0 Å². The lowest BCUT2D eigenvalue weighted by Crippen LogP contribution is -2.25.